The molecule has 3 nitrogen and oxygen atoms in total. The third kappa shape index (κ3) is 3.93. The Kier molecular flexibility index (Phi) is 4.78. The van der Waals surface area contributed by atoms with Gasteiger partial charge in [0.05, 0.1) is 12.8 Å². The molecule has 3 rings (SSSR count). The third-order valence-electron chi connectivity index (χ3n) is 3.58. The van der Waals surface area contributed by atoms with E-state index in [1.807, 2.05) is 54.6 Å². The van der Waals surface area contributed by atoms with Crippen LogP contribution in [0.4, 0.5) is 0 Å². The lowest BCUT2D eigenvalue weighted by atomic mass is 10.1. The van der Waals surface area contributed by atoms with Crippen molar-refractivity contribution < 1.29 is 9.21 Å². The van der Waals surface area contributed by atoms with Crippen LogP contribution < -0.4 is 0 Å². The van der Waals surface area contributed by atoms with Gasteiger partial charge in [0, 0.05) is 23.7 Å². The van der Waals surface area contributed by atoms with Crippen LogP contribution in [0.3, 0.4) is 0 Å². The van der Waals surface area contributed by atoms with Crippen molar-refractivity contribution in [3.63, 3.8) is 0 Å². The fraction of sp³-hybridized carbons (Fsp3) is 0.0952. The van der Waals surface area contributed by atoms with E-state index in [2.05, 4.69) is 11.8 Å². The topological polar surface area (TPSA) is 33.5 Å². The van der Waals surface area contributed by atoms with Gasteiger partial charge >= 0.3 is 0 Å². The summed E-state index contributed by atoms with van der Waals surface area (Å²) in [5, 5.41) is 0. The van der Waals surface area contributed by atoms with Gasteiger partial charge in [-0.2, -0.15) is 0 Å². The molecule has 118 valence electrons. The Morgan fingerprint density at radius 1 is 0.917 bits per heavy atom. The van der Waals surface area contributed by atoms with Gasteiger partial charge in [0.1, 0.15) is 5.76 Å². The Bertz CT molecular complexity index is 854. The first-order valence-corrected chi connectivity index (χ1v) is 7.67. The molecule has 1 amide bonds. The monoisotopic (exact) mass is 315 g/mol. The summed E-state index contributed by atoms with van der Waals surface area (Å²) in [6.45, 7) is 0.446. The lowest BCUT2D eigenvalue weighted by Gasteiger charge is -2.15. The van der Waals surface area contributed by atoms with Crippen LogP contribution in [0, 0.1) is 11.8 Å². The number of rotatable bonds is 3. The molecule has 0 fully saturated rings. The van der Waals surface area contributed by atoms with Gasteiger partial charge in [0.2, 0.25) is 0 Å². The van der Waals surface area contributed by atoms with Crippen molar-refractivity contribution in [1.82, 2.24) is 4.90 Å². The first kappa shape index (κ1) is 15.6. The lowest BCUT2D eigenvalue weighted by molar-refractivity contribution is 0.0775. The molecule has 1 aromatic heterocycles. The molecule has 0 saturated carbocycles. The molecule has 0 aliphatic heterocycles. The Balaban J connectivity index is 1.68. The second kappa shape index (κ2) is 7.34. The van der Waals surface area contributed by atoms with Gasteiger partial charge in [-0.05, 0) is 48.5 Å². The first-order chi connectivity index (χ1) is 11.7. The fourth-order valence-corrected chi connectivity index (χ4v) is 2.29. The second-order valence-electron chi connectivity index (χ2n) is 5.43. The Morgan fingerprint density at radius 2 is 1.58 bits per heavy atom. The van der Waals surface area contributed by atoms with E-state index in [1.54, 1.807) is 30.3 Å². The zero-order valence-electron chi connectivity index (χ0n) is 13.4. The Labute approximate surface area is 141 Å². The van der Waals surface area contributed by atoms with Crippen molar-refractivity contribution in [3.8, 4) is 11.8 Å². The van der Waals surface area contributed by atoms with Gasteiger partial charge in [-0.1, -0.05) is 30.0 Å². The smallest absolute Gasteiger partial charge is 0.254 e. The van der Waals surface area contributed by atoms with E-state index in [0.717, 1.165) is 16.9 Å². The van der Waals surface area contributed by atoms with Gasteiger partial charge in [-0.15, -0.1) is 0 Å². The van der Waals surface area contributed by atoms with Crippen LogP contribution in [-0.2, 0) is 6.54 Å². The van der Waals surface area contributed by atoms with E-state index in [4.69, 9.17) is 4.42 Å². The summed E-state index contributed by atoms with van der Waals surface area (Å²) < 4.78 is 5.27. The number of carbonyl (C=O) groups excluding carboxylic acids is 1. The van der Waals surface area contributed by atoms with E-state index in [-0.39, 0.29) is 5.91 Å². The quantitative estimate of drug-likeness (QED) is 0.686. The second-order valence-corrected chi connectivity index (χ2v) is 5.43. The van der Waals surface area contributed by atoms with Gasteiger partial charge in [-0.3, -0.25) is 4.79 Å². The minimum Gasteiger partial charge on any atom is -0.467 e. The standard InChI is InChI=1S/C21H17NO2/c1-22(16-20-8-5-15-24-20)21(23)19-13-11-18(12-14-19)10-9-17-6-3-2-4-7-17/h2-8,11-15H,16H2,1H3. The molecule has 0 spiro atoms. The number of hydrogen-bond donors (Lipinski definition) is 0. The van der Waals surface area contributed by atoms with Crippen LogP contribution in [0.2, 0.25) is 0 Å². The Morgan fingerprint density at radius 3 is 2.21 bits per heavy atom. The molecule has 0 radical (unpaired) electrons. The summed E-state index contributed by atoms with van der Waals surface area (Å²) in [7, 11) is 1.76. The van der Waals surface area contributed by atoms with Crippen molar-refractivity contribution in [2.75, 3.05) is 7.05 Å². The molecule has 0 N–H and O–H groups in total. The molecule has 2 aromatic carbocycles. The predicted molar refractivity (Wildman–Crippen MR) is 93.4 cm³/mol. The highest BCUT2D eigenvalue weighted by Gasteiger charge is 2.12. The van der Waals surface area contributed by atoms with Crippen LogP contribution in [0.5, 0.6) is 0 Å². The van der Waals surface area contributed by atoms with Crippen molar-refractivity contribution in [2.24, 2.45) is 0 Å². The number of amides is 1. The largest absolute Gasteiger partial charge is 0.467 e. The highest BCUT2D eigenvalue weighted by atomic mass is 16.3. The minimum absolute atomic E-state index is 0.0473. The van der Waals surface area contributed by atoms with E-state index < -0.39 is 0 Å². The summed E-state index contributed by atoms with van der Waals surface area (Å²) >= 11 is 0. The van der Waals surface area contributed by atoms with Crippen LogP contribution >= 0.6 is 0 Å². The molecular weight excluding hydrogens is 298 g/mol. The molecule has 0 saturated heterocycles. The molecule has 0 unspecified atom stereocenters. The number of nitrogens with zero attached hydrogens (tertiary/aromatic N) is 1. The van der Waals surface area contributed by atoms with Crippen LogP contribution in [-0.4, -0.2) is 17.9 Å². The van der Waals surface area contributed by atoms with Crippen LogP contribution in [0.15, 0.2) is 77.4 Å². The molecule has 3 aromatic rings. The summed E-state index contributed by atoms with van der Waals surface area (Å²) in [6.07, 6.45) is 1.61. The number of furan rings is 1. The van der Waals surface area contributed by atoms with E-state index in [1.165, 1.54) is 0 Å². The zero-order valence-corrected chi connectivity index (χ0v) is 13.4. The van der Waals surface area contributed by atoms with E-state index >= 15 is 0 Å². The third-order valence-corrected chi connectivity index (χ3v) is 3.58. The van der Waals surface area contributed by atoms with E-state index in [9.17, 15) is 4.79 Å². The van der Waals surface area contributed by atoms with Crippen LogP contribution in [0.1, 0.15) is 27.2 Å². The minimum atomic E-state index is -0.0473. The van der Waals surface area contributed by atoms with Crippen molar-refractivity contribution in [2.45, 2.75) is 6.54 Å². The zero-order chi connectivity index (χ0) is 16.8. The van der Waals surface area contributed by atoms with Gasteiger partial charge in [0.25, 0.3) is 5.91 Å². The molecule has 24 heavy (non-hydrogen) atoms. The van der Waals surface area contributed by atoms with E-state index in [0.29, 0.717) is 12.1 Å². The maximum Gasteiger partial charge on any atom is 0.254 e. The molecule has 0 atom stereocenters. The average Bonchev–Trinajstić information content (AvgIpc) is 3.13. The summed E-state index contributed by atoms with van der Waals surface area (Å²) in [4.78, 5) is 14.0. The molecule has 0 aliphatic carbocycles. The average molecular weight is 315 g/mol. The summed E-state index contributed by atoms with van der Waals surface area (Å²) in [6, 6.07) is 20.8. The molecule has 1 heterocycles. The maximum absolute atomic E-state index is 12.4. The lowest BCUT2D eigenvalue weighted by Crippen LogP contribution is -2.25. The maximum atomic E-state index is 12.4. The number of carbonyl (C=O) groups is 1. The predicted octanol–water partition coefficient (Wildman–Crippen LogP) is 3.95. The van der Waals surface area contributed by atoms with Gasteiger partial charge in [-0.25, -0.2) is 0 Å². The highest BCUT2D eigenvalue weighted by molar-refractivity contribution is 5.94. The van der Waals surface area contributed by atoms with Crippen molar-refractivity contribution >= 4 is 5.91 Å². The summed E-state index contributed by atoms with van der Waals surface area (Å²) in [5.41, 5.74) is 2.48. The van der Waals surface area contributed by atoms with Crippen molar-refractivity contribution in [3.05, 3.63) is 95.4 Å². The summed E-state index contributed by atoms with van der Waals surface area (Å²) in [5.74, 6) is 6.92. The number of benzene rings is 2. The first-order valence-electron chi connectivity index (χ1n) is 7.67. The van der Waals surface area contributed by atoms with Gasteiger partial charge in [0.15, 0.2) is 0 Å². The van der Waals surface area contributed by atoms with Crippen LogP contribution in [0.25, 0.3) is 0 Å². The molecule has 0 aliphatic rings. The number of hydrogen-bond acceptors (Lipinski definition) is 2. The normalized spacial score (nSPS) is 9.88. The molecule has 3 heteroatoms. The molecular formula is C21H17NO2. The fourth-order valence-electron chi connectivity index (χ4n) is 2.29. The van der Waals surface area contributed by atoms with Gasteiger partial charge < -0.3 is 9.32 Å². The van der Waals surface area contributed by atoms with Crippen molar-refractivity contribution in [1.29, 1.82) is 0 Å². The highest BCUT2D eigenvalue weighted by Crippen LogP contribution is 2.10. The molecule has 0 bridgehead atoms. The Hall–Kier alpha value is -3.25. The SMILES string of the molecule is CN(Cc1ccco1)C(=O)c1ccc(C#Cc2ccccc2)cc1.